The van der Waals surface area contributed by atoms with Crippen LogP contribution in [0.2, 0.25) is 17.5 Å². The van der Waals surface area contributed by atoms with E-state index in [1.807, 2.05) is 0 Å². The van der Waals surface area contributed by atoms with Gasteiger partial charge in [0.1, 0.15) is 0 Å². The van der Waals surface area contributed by atoms with Crippen LogP contribution in [0.15, 0.2) is 0 Å². The van der Waals surface area contributed by atoms with E-state index < -0.39 is 18.8 Å². The third-order valence-corrected chi connectivity index (χ3v) is 19.4. The summed E-state index contributed by atoms with van der Waals surface area (Å²) in [5, 5.41) is 0. The van der Waals surface area contributed by atoms with Gasteiger partial charge in [0.25, 0.3) is 0 Å². The first-order valence-corrected chi connectivity index (χ1v) is 17.3. The van der Waals surface area contributed by atoms with Crippen LogP contribution in [0.25, 0.3) is 0 Å². The molecule has 0 N–H and O–H groups in total. The van der Waals surface area contributed by atoms with Crippen LogP contribution in [0.3, 0.4) is 0 Å². The zero-order chi connectivity index (χ0) is 15.8. The number of hydrogen-bond donors (Lipinski definition) is 0. The molecule has 128 valence electrons. The molecule has 1 heteroatoms. The Kier molecular flexibility index (Phi) is 16.3. The fourth-order valence-electron chi connectivity index (χ4n) is 3.46. The Balaban J connectivity index is 4.52. The third-order valence-electron chi connectivity index (χ3n) is 4.94. The zero-order valence-electron chi connectivity index (χ0n) is 15.8. The van der Waals surface area contributed by atoms with Crippen molar-refractivity contribution >= 4 is 18.8 Å². The van der Waals surface area contributed by atoms with Gasteiger partial charge in [0.05, 0.1) is 0 Å². The van der Waals surface area contributed by atoms with Crippen LogP contribution >= 0.6 is 0 Å². The molecule has 21 heavy (non-hydrogen) atoms. The molecule has 0 nitrogen and oxygen atoms in total. The van der Waals surface area contributed by atoms with E-state index in [0.717, 1.165) is 0 Å². The Hall–Kier alpha value is 0.818. The number of rotatable bonds is 16. The van der Waals surface area contributed by atoms with Crippen LogP contribution in [0.5, 0.6) is 0 Å². The van der Waals surface area contributed by atoms with E-state index in [1.54, 1.807) is 43.2 Å². The molecule has 0 radical (unpaired) electrons. The molecule has 0 heterocycles. The van der Waals surface area contributed by atoms with Crippen molar-refractivity contribution in [2.24, 2.45) is 0 Å². The van der Waals surface area contributed by atoms with Gasteiger partial charge in [0, 0.05) is 0 Å². The standard InChI is InChI=1S/4C5H11.Sb/c4*1-3-5-4-2;/h4*1,3-5H2,2H3;/q;;;;+1. The Morgan fingerprint density at radius 3 is 0.810 bits per heavy atom. The van der Waals surface area contributed by atoms with Crippen molar-refractivity contribution in [2.45, 2.75) is 122 Å². The van der Waals surface area contributed by atoms with E-state index in [0.29, 0.717) is 0 Å². The van der Waals surface area contributed by atoms with Crippen molar-refractivity contribution in [3.8, 4) is 0 Å². The minimum absolute atomic E-state index is 1.40. The molecule has 0 spiro atoms. The summed E-state index contributed by atoms with van der Waals surface area (Å²) in [6, 6.07) is 0. The van der Waals surface area contributed by atoms with Crippen LogP contribution in [-0.2, 0) is 0 Å². The molecule has 0 aliphatic rings. The predicted molar refractivity (Wildman–Crippen MR) is 103 cm³/mol. The van der Waals surface area contributed by atoms with Gasteiger partial charge in [0.2, 0.25) is 0 Å². The van der Waals surface area contributed by atoms with Crippen LogP contribution in [0, 0.1) is 0 Å². The van der Waals surface area contributed by atoms with Crippen molar-refractivity contribution in [1.29, 1.82) is 0 Å². The molecule has 0 aromatic carbocycles. The molecule has 0 saturated heterocycles. The van der Waals surface area contributed by atoms with E-state index in [-0.39, 0.29) is 0 Å². The fraction of sp³-hybridized carbons (Fsp3) is 1.00. The zero-order valence-corrected chi connectivity index (χ0v) is 18.3. The summed E-state index contributed by atoms with van der Waals surface area (Å²) < 4.78 is 6.85. The fourth-order valence-corrected chi connectivity index (χ4v) is 17.5. The molecular formula is C20H44Sb+. The second-order valence-corrected chi connectivity index (χ2v) is 19.8. The number of unbranched alkanes of at least 4 members (excludes halogenated alkanes) is 8. The van der Waals surface area contributed by atoms with E-state index in [1.165, 1.54) is 51.4 Å². The Labute approximate surface area is 140 Å². The summed E-state index contributed by atoms with van der Waals surface area (Å²) >= 11 is -1.67. The first-order chi connectivity index (χ1) is 10.2. The molecule has 0 unspecified atom stereocenters. The monoisotopic (exact) mass is 405 g/mol. The van der Waals surface area contributed by atoms with Crippen molar-refractivity contribution in [2.75, 3.05) is 0 Å². The van der Waals surface area contributed by atoms with Crippen LogP contribution in [0.4, 0.5) is 0 Å². The molecule has 0 aromatic rings. The van der Waals surface area contributed by atoms with E-state index in [4.69, 9.17) is 0 Å². The Morgan fingerprint density at radius 1 is 0.381 bits per heavy atom. The van der Waals surface area contributed by atoms with Gasteiger partial charge in [-0.05, 0) is 0 Å². The molecule has 0 amide bonds. The molecule has 0 bridgehead atoms. The van der Waals surface area contributed by atoms with Gasteiger partial charge in [0.15, 0.2) is 0 Å². The van der Waals surface area contributed by atoms with Gasteiger partial charge in [-0.3, -0.25) is 0 Å². The minimum atomic E-state index is -1.67. The van der Waals surface area contributed by atoms with Crippen molar-refractivity contribution in [1.82, 2.24) is 0 Å². The topological polar surface area (TPSA) is 0 Å². The van der Waals surface area contributed by atoms with E-state index in [2.05, 4.69) is 27.7 Å². The van der Waals surface area contributed by atoms with Gasteiger partial charge >= 0.3 is 141 Å². The maximum absolute atomic E-state index is 2.36. The van der Waals surface area contributed by atoms with Crippen LogP contribution in [-0.4, -0.2) is 18.8 Å². The second kappa shape index (κ2) is 15.7. The molecule has 0 aromatic heterocycles. The third kappa shape index (κ3) is 12.0. The quantitative estimate of drug-likeness (QED) is 0.179. The SMILES string of the molecule is CCCC[CH2][Sb+]([CH2]CCCC)([CH2]CCCC)[CH2]CCCC. The van der Waals surface area contributed by atoms with E-state index in [9.17, 15) is 0 Å². The van der Waals surface area contributed by atoms with Crippen molar-refractivity contribution in [3.63, 3.8) is 0 Å². The van der Waals surface area contributed by atoms with Gasteiger partial charge < -0.3 is 0 Å². The summed E-state index contributed by atoms with van der Waals surface area (Å²) in [5.74, 6) is 0. The van der Waals surface area contributed by atoms with Crippen LogP contribution < -0.4 is 0 Å². The van der Waals surface area contributed by atoms with Gasteiger partial charge in [-0.2, -0.15) is 0 Å². The predicted octanol–water partition coefficient (Wildman–Crippen LogP) is 8.20. The normalized spacial score (nSPS) is 12.0. The summed E-state index contributed by atoms with van der Waals surface area (Å²) in [4.78, 5) is 0. The Morgan fingerprint density at radius 2 is 0.619 bits per heavy atom. The Bertz CT molecular complexity index is 155. The van der Waals surface area contributed by atoms with Crippen LogP contribution in [0.1, 0.15) is 105 Å². The molecule has 0 saturated carbocycles. The van der Waals surface area contributed by atoms with Gasteiger partial charge in [-0.15, -0.1) is 0 Å². The van der Waals surface area contributed by atoms with Gasteiger partial charge in [-0.1, -0.05) is 0 Å². The average molecular weight is 406 g/mol. The summed E-state index contributed by atoms with van der Waals surface area (Å²) in [6.07, 6.45) is 17.8. The second-order valence-electron chi connectivity index (χ2n) is 7.06. The van der Waals surface area contributed by atoms with Gasteiger partial charge in [-0.25, -0.2) is 0 Å². The summed E-state index contributed by atoms with van der Waals surface area (Å²) in [7, 11) is 0. The molecule has 0 fully saturated rings. The first kappa shape index (κ1) is 21.8. The van der Waals surface area contributed by atoms with Crippen molar-refractivity contribution in [3.05, 3.63) is 0 Å². The first-order valence-electron chi connectivity index (χ1n) is 10.1. The summed E-state index contributed by atoms with van der Waals surface area (Å²) in [6.45, 7) is 9.45. The van der Waals surface area contributed by atoms with E-state index >= 15 is 0 Å². The average Bonchev–Trinajstić information content (AvgIpc) is 2.48. The maximum atomic E-state index is 2.36. The molecule has 0 rings (SSSR count). The van der Waals surface area contributed by atoms with Crippen molar-refractivity contribution < 1.29 is 0 Å². The molecule has 0 aliphatic carbocycles. The molecule has 0 atom stereocenters. The summed E-state index contributed by atoms with van der Waals surface area (Å²) in [5.41, 5.74) is 0. The molecule has 0 aliphatic heterocycles. The molecular weight excluding hydrogens is 362 g/mol. The number of hydrogen-bond acceptors (Lipinski definition) is 0.